The van der Waals surface area contributed by atoms with Crippen molar-refractivity contribution >= 4 is 21.5 Å². The Kier molecular flexibility index (Phi) is 11.4. The zero-order chi connectivity index (χ0) is 27.7. The van der Waals surface area contributed by atoms with Crippen LogP contribution in [0.1, 0.15) is 110 Å². The van der Waals surface area contributed by atoms with E-state index in [9.17, 15) is 0 Å². The molecule has 0 aliphatic rings. The smallest absolute Gasteiger partial charge is 0.0146 e. The molecule has 0 saturated heterocycles. The summed E-state index contributed by atoms with van der Waals surface area (Å²) < 4.78 is 0. The van der Waals surface area contributed by atoms with Gasteiger partial charge in [-0.2, -0.15) is 0 Å². The molecule has 0 heteroatoms. The summed E-state index contributed by atoms with van der Waals surface area (Å²) >= 11 is 0. The van der Waals surface area contributed by atoms with Crippen LogP contribution in [0.2, 0.25) is 0 Å². The average Bonchev–Trinajstić information content (AvgIpc) is 2.88. The summed E-state index contributed by atoms with van der Waals surface area (Å²) in [7, 11) is 0. The number of hydrogen-bond acceptors (Lipinski definition) is 0. The summed E-state index contributed by atoms with van der Waals surface area (Å²) in [5, 5.41) is 5.58. The molecule has 4 aromatic rings. The standard InChI is InChI=1S/C22H32.C16H20/c1-5-9-17(2)14-18(3)15-19(4)16-21-12-8-11-20-10-6-7-13-22(20)21;1-11(2)14-10-9-13-7-5-6-8-15(13)16(14)12(3)4/h6-8,10-13,17-19H,5,9,14-16H2,1-4H3;5-12H,1-4H3. The molecule has 3 unspecified atom stereocenters. The zero-order valence-corrected chi connectivity index (χ0v) is 25.4. The first kappa shape index (κ1) is 29.9. The molecule has 0 aromatic heterocycles. The maximum absolute atomic E-state index is 2.44. The molecule has 0 saturated carbocycles. The summed E-state index contributed by atoms with van der Waals surface area (Å²) in [5.74, 6) is 3.66. The molecule has 0 aliphatic heterocycles. The van der Waals surface area contributed by atoms with E-state index in [1.165, 1.54) is 70.3 Å². The van der Waals surface area contributed by atoms with Gasteiger partial charge in [-0.05, 0) is 87.1 Å². The molecule has 4 rings (SSSR count). The molecule has 0 N–H and O–H groups in total. The highest BCUT2D eigenvalue weighted by Gasteiger charge is 2.14. The van der Waals surface area contributed by atoms with Crippen LogP contribution in [0.25, 0.3) is 21.5 Å². The minimum atomic E-state index is 0.587. The summed E-state index contributed by atoms with van der Waals surface area (Å²) in [6, 6.07) is 28.8. The molecule has 0 radical (unpaired) electrons. The van der Waals surface area contributed by atoms with Gasteiger partial charge in [-0.3, -0.25) is 0 Å². The second-order valence-corrected chi connectivity index (χ2v) is 12.5. The molecule has 0 nitrogen and oxygen atoms in total. The molecule has 4 aromatic carbocycles. The summed E-state index contributed by atoms with van der Waals surface area (Å²) in [5.41, 5.74) is 4.53. The molecule has 0 amide bonds. The molecule has 204 valence electrons. The van der Waals surface area contributed by atoms with Crippen molar-refractivity contribution in [2.24, 2.45) is 17.8 Å². The van der Waals surface area contributed by atoms with E-state index in [2.05, 4.69) is 134 Å². The fourth-order valence-corrected chi connectivity index (χ4v) is 6.47. The molecule has 0 bridgehead atoms. The fraction of sp³-hybridized carbons (Fsp3) is 0.474. The SMILES string of the molecule is CC(C)c1ccc2ccccc2c1C(C)C.CCCC(C)CC(C)CC(C)Cc1cccc2ccccc12. The third kappa shape index (κ3) is 8.20. The lowest BCUT2D eigenvalue weighted by molar-refractivity contribution is 0.332. The van der Waals surface area contributed by atoms with E-state index in [0.29, 0.717) is 11.8 Å². The van der Waals surface area contributed by atoms with Crippen molar-refractivity contribution in [3.63, 3.8) is 0 Å². The van der Waals surface area contributed by atoms with Crippen molar-refractivity contribution < 1.29 is 0 Å². The predicted molar refractivity (Wildman–Crippen MR) is 171 cm³/mol. The number of hydrogen-bond donors (Lipinski definition) is 0. The van der Waals surface area contributed by atoms with Crippen LogP contribution in [-0.4, -0.2) is 0 Å². The van der Waals surface area contributed by atoms with Crippen LogP contribution < -0.4 is 0 Å². The average molecular weight is 509 g/mol. The first-order valence-electron chi connectivity index (χ1n) is 15.2. The van der Waals surface area contributed by atoms with Gasteiger partial charge in [0.25, 0.3) is 0 Å². The Hall–Kier alpha value is -2.60. The first-order chi connectivity index (χ1) is 18.2. The minimum absolute atomic E-state index is 0.587. The first-order valence-corrected chi connectivity index (χ1v) is 15.2. The molecule has 0 spiro atoms. The van der Waals surface area contributed by atoms with Crippen LogP contribution in [0.15, 0.2) is 78.9 Å². The minimum Gasteiger partial charge on any atom is -0.0654 e. The third-order valence-corrected chi connectivity index (χ3v) is 8.04. The maximum atomic E-state index is 2.44. The predicted octanol–water partition coefficient (Wildman–Crippen LogP) is 12.0. The molecular weight excluding hydrogens is 456 g/mol. The van der Waals surface area contributed by atoms with Gasteiger partial charge >= 0.3 is 0 Å². The van der Waals surface area contributed by atoms with E-state index in [-0.39, 0.29) is 0 Å². The van der Waals surface area contributed by atoms with Gasteiger partial charge in [0.2, 0.25) is 0 Å². The van der Waals surface area contributed by atoms with Crippen molar-refractivity contribution in [3.05, 3.63) is 95.6 Å². The van der Waals surface area contributed by atoms with Crippen LogP contribution in [0, 0.1) is 17.8 Å². The van der Waals surface area contributed by atoms with Gasteiger partial charge in [-0.1, -0.05) is 147 Å². The highest BCUT2D eigenvalue weighted by Crippen LogP contribution is 2.33. The van der Waals surface area contributed by atoms with Crippen LogP contribution in [-0.2, 0) is 6.42 Å². The second kappa shape index (κ2) is 14.5. The molecule has 3 atom stereocenters. The van der Waals surface area contributed by atoms with Crippen molar-refractivity contribution in [3.8, 4) is 0 Å². The Morgan fingerprint density at radius 3 is 1.74 bits per heavy atom. The highest BCUT2D eigenvalue weighted by atomic mass is 14.2. The Balaban J connectivity index is 0.000000221. The monoisotopic (exact) mass is 508 g/mol. The normalized spacial score (nSPS) is 13.9. The van der Waals surface area contributed by atoms with Crippen LogP contribution in [0.5, 0.6) is 0 Å². The maximum Gasteiger partial charge on any atom is -0.0146 e. The fourth-order valence-electron chi connectivity index (χ4n) is 6.47. The number of rotatable bonds is 10. The van der Waals surface area contributed by atoms with Gasteiger partial charge in [0.1, 0.15) is 0 Å². The molecule has 0 fully saturated rings. The van der Waals surface area contributed by atoms with Crippen LogP contribution in [0.3, 0.4) is 0 Å². The molecular formula is C38H52. The van der Waals surface area contributed by atoms with Gasteiger partial charge in [0, 0.05) is 0 Å². The van der Waals surface area contributed by atoms with Crippen molar-refractivity contribution in [1.82, 2.24) is 0 Å². The van der Waals surface area contributed by atoms with Crippen molar-refractivity contribution in [2.45, 2.75) is 99.3 Å². The Morgan fingerprint density at radius 1 is 0.526 bits per heavy atom. The van der Waals surface area contributed by atoms with E-state index >= 15 is 0 Å². The van der Waals surface area contributed by atoms with Crippen LogP contribution >= 0.6 is 0 Å². The van der Waals surface area contributed by atoms with E-state index in [0.717, 1.165) is 17.8 Å². The van der Waals surface area contributed by atoms with E-state index in [1.807, 2.05) is 0 Å². The van der Waals surface area contributed by atoms with Gasteiger partial charge in [-0.15, -0.1) is 0 Å². The Labute approximate surface area is 233 Å². The lowest BCUT2D eigenvalue weighted by Gasteiger charge is -2.21. The van der Waals surface area contributed by atoms with E-state index < -0.39 is 0 Å². The second-order valence-electron chi connectivity index (χ2n) is 12.5. The summed E-state index contributed by atoms with van der Waals surface area (Å²) in [4.78, 5) is 0. The van der Waals surface area contributed by atoms with Gasteiger partial charge < -0.3 is 0 Å². The lowest BCUT2D eigenvalue weighted by Crippen LogP contribution is -2.09. The quantitative estimate of drug-likeness (QED) is 0.200. The van der Waals surface area contributed by atoms with E-state index in [1.54, 1.807) is 0 Å². The third-order valence-electron chi connectivity index (χ3n) is 8.04. The largest absolute Gasteiger partial charge is 0.0654 e. The van der Waals surface area contributed by atoms with Gasteiger partial charge in [0.05, 0.1) is 0 Å². The van der Waals surface area contributed by atoms with Crippen LogP contribution in [0.4, 0.5) is 0 Å². The van der Waals surface area contributed by atoms with Gasteiger partial charge in [0.15, 0.2) is 0 Å². The number of fused-ring (bicyclic) bond motifs is 2. The Morgan fingerprint density at radius 2 is 1.11 bits per heavy atom. The Bertz CT molecular complexity index is 1260. The zero-order valence-electron chi connectivity index (χ0n) is 25.4. The topological polar surface area (TPSA) is 0 Å². The van der Waals surface area contributed by atoms with E-state index in [4.69, 9.17) is 0 Å². The molecule has 0 aliphatic carbocycles. The summed E-state index contributed by atoms with van der Waals surface area (Å²) in [6.45, 7) is 18.7. The van der Waals surface area contributed by atoms with Gasteiger partial charge in [-0.25, -0.2) is 0 Å². The number of benzene rings is 4. The molecule has 38 heavy (non-hydrogen) atoms. The van der Waals surface area contributed by atoms with Crippen molar-refractivity contribution in [1.29, 1.82) is 0 Å². The molecule has 0 heterocycles. The lowest BCUT2D eigenvalue weighted by atomic mass is 9.85. The summed E-state index contributed by atoms with van der Waals surface area (Å²) in [6.07, 6.45) is 6.63. The van der Waals surface area contributed by atoms with Crippen molar-refractivity contribution in [2.75, 3.05) is 0 Å². The highest BCUT2D eigenvalue weighted by molar-refractivity contribution is 5.87.